The Morgan fingerprint density at radius 1 is 1.06 bits per heavy atom. The van der Waals surface area contributed by atoms with Crippen LogP contribution in [0, 0.1) is 0 Å². The highest BCUT2D eigenvalue weighted by molar-refractivity contribution is 6.06. The molecule has 1 aromatic carbocycles. The van der Waals surface area contributed by atoms with E-state index in [1.807, 2.05) is 0 Å². The summed E-state index contributed by atoms with van der Waals surface area (Å²) in [5.41, 5.74) is 1.18. The molecule has 0 amide bonds. The van der Waals surface area contributed by atoms with Crippen LogP contribution in [0.2, 0.25) is 0 Å². The topological polar surface area (TPSA) is 96.2 Å². The highest BCUT2D eigenvalue weighted by atomic mass is 19.4. The lowest BCUT2D eigenvalue weighted by Crippen LogP contribution is -2.26. The van der Waals surface area contributed by atoms with E-state index in [2.05, 4.69) is 19.8 Å². The lowest BCUT2D eigenvalue weighted by molar-refractivity contribution is -0.156. The Kier molecular flexibility index (Phi) is 6.20. The van der Waals surface area contributed by atoms with Crippen molar-refractivity contribution in [2.24, 2.45) is 0 Å². The van der Waals surface area contributed by atoms with Crippen LogP contribution in [0.4, 0.5) is 13.2 Å². The standard InChI is InChI=1S/C21H21F3N4O4/c1-12(29)18-15-7-13(14-8-25-19(26-9-14)31-11-21(22,23)24)5-6-16(15)28(27-18)10-17(30)32-20(2,3)4/h5-9H,10-11H2,1-4H3. The summed E-state index contributed by atoms with van der Waals surface area (Å²) in [4.78, 5) is 31.9. The van der Waals surface area contributed by atoms with E-state index < -0.39 is 30.4 Å². The van der Waals surface area contributed by atoms with Gasteiger partial charge in [0.25, 0.3) is 0 Å². The summed E-state index contributed by atoms with van der Waals surface area (Å²) in [5.74, 6) is -0.786. The number of ether oxygens (including phenoxy) is 2. The van der Waals surface area contributed by atoms with Gasteiger partial charge in [-0.05, 0) is 38.5 Å². The Labute approximate surface area is 181 Å². The zero-order valence-electron chi connectivity index (χ0n) is 17.9. The molecule has 0 aliphatic heterocycles. The molecule has 0 fully saturated rings. The Morgan fingerprint density at radius 2 is 1.72 bits per heavy atom. The molecule has 2 heterocycles. The molecule has 170 valence electrons. The Bertz CT molecular complexity index is 1150. The summed E-state index contributed by atoms with van der Waals surface area (Å²) >= 11 is 0. The van der Waals surface area contributed by atoms with Gasteiger partial charge in [0.1, 0.15) is 17.8 Å². The van der Waals surface area contributed by atoms with Crippen molar-refractivity contribution < 1.29 is 32.2 Å². The zero-order valence-corrected chi connectivity index (χ0v) is 17.9. The largest absolute Gasteiger partial charge is 0.459 e. The van der Waals surface area contributed by atoms with Crippen molar-refractivity contribution >= 4 is 22.7 Å². The monoisotopic (exact) mass is 450 g/mol. The fraction of sp³-hybridized carbons (Fsp3) is 0.381. The van der Waals surface area contributed by atoms with Crippen LogP contribution in [0.3, 0.4) is 0 Å². The van der Waals surface area contributed by atoms with Crippen molar-refractivity contribution in [2.45, 2.75) is 46.0 Å². The molecule has 0 aliphatic rings. The van der Waals surface area contributed by atoms with E-state index in [4.69, 9.17) is 4.74 Å². The average molecular weight is 450 g/mol. The van der Waals surface area contributed by atoms with Gasteiger partial charge < -0.3 is 9.47 Å². The van der Waals surface area contributed by atoms with Crippen LogP contribution in [0.15, 0.2) is 30.6 Å². The van der Waals surface area contributed by atoms with Gasteiger partial charge in [0.2, 0.25) is 0 Å². The zero-order chi connectivity index (χ0) is 23.7. The molecule has 3 rings (SSSR count). The summed E-state index contributed by atoms with van der Waals surface area (Å²) < 4.78 is 48.0. The Morgan fingerprint density at radius 3 is 2.28 bits per heavy atom. The lowest BCUT2D eigenvalue weighted by Gasteiger charge is -2.19. The van der Waals surface area contributed by atoms with Crippen molar-refractivity contribution in [2.75, 3.05) is 6.61 Å². The van der Waals surface area contributed by atoms with Gasteiger partial charge in [0, 0.05) is 30.3 Å². The SMILES string of the molecule is CC(=O)c1nn(CC(=O)OC(C)(C)C)c2ccc(-c3cnc(OCC(F)(F)F)nc3)cc12. The summed E-state index contributed by atoms with van der Waals surface area (Å²) in [5, 5.41) is 4.77. The van der Waals surface area contributed by atoms with Gasteiger partial charge in [-0.3, -0.25) is 14.3 Å². The third kappa shape index (κ3) is 5.80. The molecule has 0 aliphatic carbocycles. The van der Waals surface area contributed by atoms with Crippen LogP contribution in [-0.4, -0.2) is 49.9 Å². The second-order valence-corrected chi connectivity index (χ2v) is 8.04. The molecule has 2 aromatic heterocycles. The molecule has 0 spiro atoms. The first kappa shape index (κ1) is 23.2. The number of halogens is 3. The van der Waals surface area contributed by atoms with Crippen LogP contribution < -0.4 is 4.74 Å². The van der Waals surface area contributed by atoms with Crippen LogP contribution >= 0.6 is 0 Å². The van der Waals surface area contributed by atoms with Gasteiger partial charge in [-0.15, -0.1) is 0 Å². The molecule has 0 unspecified atom stereocenters. The number of rotatable bonds is 6. The summed E-state index contributed by atoms with van der Waals surface area (Å²) in [6.45, 7) is 4.96. The second-order valence-electron chi connectivity index (χ2n) is 8.04. The van der Waals surface area contributed by atoms with Crippen LogP contribution in [0.25, 0.3) is 22.0 Å². The second kappa shape index (κ2) is 8.56. The summed E-state index contributed by atoms with van der Waals surface area (Å²) in [6, 6.07) is 4.66. The third-order valence-electron chi connectivity index (χ3n) is 4.11. The van der Waals surface area contributed by atoms with E-state index in [9.17, 15) is 22.8 Å². The van der Waals surface area contributed by atoms with E-state index in [1.165, 1.54) is 24.0 Å². The molecule has 0 radical (unpaired) electrons. The number of benzene rings is 1. The van der Waals surface area contributed by atoms with Gasteiger partial charge in [-0.2, -0.15) is 18.3 Å². The van der Waals surface area contributed by atoms with E-state index in [1.54, 1.807) is 39.0 Å². The summed E-state index contributed by atoms with van der Waals surface area (Å²) in [6.07, 6.45) is -1.85. The van der Waals surface area contributed by atoms with Gasteiger partial charge in [0.15, 0.2) is 12.4 Å². The van der Waals surface area contributed by atoms with Crippen molar-refractivity contribution in [3.63, 3.8) is 0 Å². The van der Waals surface area contributed by atoms with Crippen LogP contribution in [-0.2, 0) is 16.1 Å². The van der Waals surface area contributed by atoms with Crippen molar-refractivity contribution in [3.8, 4) is 17.1 Å². The summed E-state index contributed by atoms with van der Waals surface area (Å²) in [7, 11) is 0. The molecule has 0 N–H and O–H groups in total. The van der Waals surface area contributed by atoms with E-state index in [0.717, 1.165) is 0 Å². The number of esters is 1. The molecule has 11 heteroatoms. The highest BCUT2D eigenvalue weighted by Crippen LogP contribution is 2.27. The minimum atomic E-state index is -4.49. The number of hydrogen-bond donors (Lipinski definition) is 0. The van der Waals surface area contributed by atoms with E-state index in [-0.39, 0.29) is 18.0 Å². The molecule has 0 atom stereocenters. The number of Topliss-reactive ketones (excluding diaryl/α,β-unsaturated/α-hetero) is 1. The predicted molar refractivity (Wildman–Crippen MR) is 108 cm³/mol. The number of fused-ring (bicyclic) bond motifs is 1. The maximum Gasteiger partial charge on any atom is 0.422 e. The minimum absolute atomic E-state index is 0.172. The van der Waals surface area contributed by atoms with Crippen molar-refractivity contribution in [1.82, 2.24) is 19.7 Å². The van der Waals surface area contributed by atoms with Gasteiger partial charge in [0.05, 0.1) is 5.52 Å². The van der Waals surface area contributed by atoms with E-state index in [0.29, 0.717) is 22.0 Å². The normalized spacial score (nSPS) is 12.1. The fourth-order valence-electron chi connectivity index (χ4n) is 2.92. The first-order valence-corrected chi connectivity index (χ1v) is 9.58. The van der Waals surface area contributed by atoms with Crippen LogP contribution in [0.1, 0.15) is 38.2 Å². The number of nitrogens with zero attached hydrogens (tertiary/aromatic N) is 4. The Balaban J connectivity index is 1.90. The Hall–Kier alpha value is -3.50. The molecule has 32 heavy (non-hydrogen) atoms. The number of carbonyl (C=O) groups excluding carboxylic acids is 2. The molecule has 3 aromatic rings. The van der Waals surface area contributed by atoms with E-state index >= 15 is 0 Å². The number of aromatic nitrogens is 4. The maximum atomic E-state index is 12.3. The highest BCUT2D eigenvalue weighted by Gasteiger charge is 2.29. The molecule has 0 bridgehead atoms. The average Bonchev–Trinajstić information content (AvgIpc) is 3.02. The van der Waals surface area contributed by atoms with Gasteiger partial charge >= 0.3 is 18.2 Å². The molecule has 0 saturated heterocycles. The van der Waals surface area contributed by atoms with Gasteiger partial charge in [-0.25, -0.2) is 9.97 Å². The number of ketones is 1. The quantitative estimate of drug-likeness (QED) is 0.414. The minimum Gasteiger partial charge on any atom is -0.459 e. The van der Waals surface area contributed by atoms with Gasteiger partial charge in [-0.1, -0.05) is 6.07 Å². The number of alkyl halides is 3. The number of hydrogen-bond acceptors (Lipinski definition) is 7. The maximum absolute atomic E-state index is 12.3. The molecule has 0 saturated carbocycles. The third-order valence-corrected chi connectivity index (χ3v) is 4.11. The van der Waals surface area contributed by atoms with Crippen molar-refractivity contribution in [3.05, 3.63) is 36.3 Å². The first-order valence-electron chi connectivity index (χ1n) is 9.58. The number of carbonyl (C=O) groups is 2. The smallest absolute Gasteiger partial charge is 0.422 e. The lowest BCUT2D eigenvalue weighted by atomic mass is 10.0. The molecular formula is C21H21F3N4O4. The van der Waals surface area contributed by atoms with Crippen molar-refractivity contribution in [1.29, 1.82) is 0 Å². The fourth-order valence-corrected chi connectivity index (χ4v) is 2.92. The molecule has 8 nitrogen and oxygen atoms in total. The van der Waals surface area contributed by atoms with Crippen LogP contribution in [0.5, 0.6) is 6.01 Å². The predicted octanol–water partition coefficient (Wildman–Crippen LogP) is 3.98. The first-order chi connectivity index (χ1) is 14.8. The molecular weight excluding hydrogens is 429 g/mol.